The zero-order valence-electron chi connectivity index (χ0n) is 14.9. The van der Waals surface area contributed by atoms with E-state index in [4.69, 9.17) is 9.47 Å². The summed E-state index contributed by atoms with van der Waals surface area (Å²) in [7, 11) is 0. The molecule has 0 saturated carbocycles. The maximum absolute atomic E-state index is 12.6. The molecule has 1 aromatic heterocycles. The highest BCUT2D eigenvalue weighted by Crippen LogP contribution is 2.39. The number of hydrogen-bond donors (Lipinski definition) is 0. The Bertz CT molecular complexity index is 755. The number of nitrogens with zero attached hydrogens (tertiary/aromatic N) is 3. The van der Waals surface area contributed by atoms with Crippen molar-refractivity contribution in [2.45, 2.75) is 31.5 Å². The number of hydrogen-bond acceptors (Lipinski definition) is 5. The Morgan fingerprint density at radius 1 is 1.27 bits per heavy atom. The molecule has 0 N–H and O–H groups in total. The number of fused-ring (bicyclic) bond motifs is 1. The standard InChI is InChI=1S/C20H23N3O3/c1-20(14-25-16-6-3-2-4-7-16)12-15-13-23(11-8-17(15)26-20)19(24)18-21-9-5-10-22-18/h2-7,9-10,15,17H,8,11-14H2,1H3/t15-,17+,20-/m1/s1. The number of amides is 1. The van der Waals surface area contributed by atoms with Gasteiger partial charge in [0.05, 0.1) is 6.10 Å². The number of para-hydroxylation sites is 1. The molecule has 2 aliphatic rings. The van der Waals surface area contributed by atoms with Crippen molar-refractivity contribution in [2.75, 3.05) is 19.7 Å². The predicted octanol–water partition coefficient (Wildman–Crippen LogP) is 2.57. The van der Waals surface area contributed by atoms with E-state index in [2.05, 4.69) is 16.9 Å². The van der Waals surface area contributed by atoms with Gasteiger partial charge in [0.2, 0.25) is 5.82 Å². The van der Waals surface area contributed by atoms with Crippen LogP contribution in [0.1, 0.15) is 30.4 Å². The van der Waals surface area contributed by atoms with Crippen molar-refractivity contribution in [3.63, 3.8) is 0 Å². The van der Waals surface area contributed by atoms with Crippen molar-refractivity contribution < 1.29 is 14.3 Å². The molecule has 2 aliphatic heterocycles. The second kappa shape index (κ2) is 7.03. The lowest BCUT2D eigenvalue weighted by atomic mass is 9.89. The Hall–Kier alpha value is -2.47. The number of carbonyl (C=O) groups is 1. The third-order valence-electron chi connectivity index (χ3n) is 5.13. The van der Waals surface area contributed by atoms with Gasteiger partial charge < -0.3 is 14.4 Å². The Morgan fingerprint density at radius 3 is 2.81 bits per heavy atom. The van der Waals surface area contributed by atoms with Gasteiger partial charge in [-0.1, -0.05) is 18.2 Å². The monoisotopic (exact) mass is 353 g/mol. The molecular formula is C20H23N3O3. The first-order valence-corrected chi connectivity index (χ1v) is 9.05. The maximum atomic E-state index is 12.6. The lowest BCUT2D eigenvalue weighted by molar-refractivity contribution is -0.0675. The number of benzene rings is 1. The molecule has 4 rings (SSSR count). The molecule has 1 amide bonds. The van der Waals surface area contributed by atoms with Crippen LogP contribution < -0.4 is 4.74 Å². The molecule has 1 aromatic carbocycles. The summed E-state index contributed by atoms with van der Waals surface area (Å²) in [6, 6.07) is 11.5. The summed E-state index contributed by atoms with van der Waals surface area (Å²) in [5, 5.41) is 0. The predicted molar refractivity (Wildman–Crippen MR) is 95.9 cm³/mol. The number of piperidine rings is 1. The molecule has 6 nitrogen and oxygen atoms in total. The summed E-state index contributed by atoms with van der Waals surface area (Å²) >= 11 is 0. The van der Waals surface area contributed by atoms with Gasteiger partial charge in [-0.25, -0.2) is 9.97 Å². The summed E-state index contributed by atoms with van der Waals surface area (Å²) in [5.41, 5.74) is -0.326. The molecule has 0 aliphatic carbocycles. The van der Waals surface area contributed by atoms with Crippen LogP contribution in [0.15, 0.2) is 48.8 Å². The van der Waals surface area contributed by atoms with E-state index in [-0.39, 0.29) is 23.4 Å². The van der Waals surface area contributed by atoms with E-state index in [1.807, 2.05) is 35.2 Å². The van der Waals surface area contributed by atoms with Gasteiger partial charge in [0, 0.05) is 31.4 Å². The van der Waals surface area contributed by atoms with E-state index >= 15 is 0 Å². The van der Waals surface area contributed by atoms with E-state index in [0.29, 0.717) is 25.6 Å². The van der Waals surface area contributed by atoms with Crippen LogP contribution in [-0.4, -0.2) is 52.2 Å². The van der Waals surface area contributed by atoms with Crippen LogP contribution in [0, 0.1) is 5.92 Å². The van der Waals surface area contributed by atoms with E-state index < -0.39 is 0 Å². The first kappa shape index (κ1) is 17.0. The fourth-order valence-corrected chi connectivity index (χ4v) is 3.91. The average molecular weight is 353 g/mol. The first-order valence-electron chi connectivity index (χ1n) is 9.05. The van der Waals surface area contributed by atoms with Crippen LogP contribution in [-0.2, 0) is 4.74 Å². The molecule has 136 valence electrons. The second-order valence-electron chi connectivity index (χ2n) is 7.28. The fourth-order valence-electron chi connectivity index (χ4n) is 3.91. The maximum Gasteiger partial charge on any atom is 0.291 e. The molecule has 0 spiro atoms. The highest BCUT2D eigenvalue weighted by atomic mass is 16.6. The Labute approximate surface area is 153 Å². The number of likely N-dealkylation sites (tertiary alicyclic amines) is 1. The molecule has 2 saturated heterocycles. The van der Waals surface area contributed by atoms with Gasteiger partial charge in [-0.2, -0.15) is 0 Å². The Kier molecular flexibility index (Phi) is 4.59. The van der Waals surface area contributed by atoms with Gasteiger partial charge >= 0.3 is 0 Å². The Balaban J connectivity index is 1.37. The minimum Gasteiger partial charge on any atom is -0.491 e. The number of ether oxygens (including phenoxy) is 2. The molecule has 6 heteroatoms. The van der Waals surface area contributed by atoms with E-state index in [1.165, 1.54) is 0 Å². The van der Waals surface area contributed by atoms with Gasteiger partial charge in [-0.15, -0.1) is 0 Å². The zero-order valence-corrected chi connectivity index (χ0v) is 14.9. The molecule has 2 fully saturated rings. The molecule has 0 bridgehead atoms. The van der Waals surface area contributed by atoms with Crippen molar-refractivity contribution in [1.82, 2.24) is 14.9 Å². The summed E-state index contributed by atoms with van der Waals surface area (Å²) in [4.78, 5) is 22.6. The molecule has 0 radical (unpaired) electrons. The van der Waals surface area contributed by atoms with Crippen LogP contribution in [0.25, 0.3) is 0 Å². The lowest BCUT2D eigenvalue weighted by Gasteiger charge is -2.33. The van der Waals surface area contributed by atoms with E-state index in [0.717, 1.165) is 18.6 Å². The summed E-state index contributed by atoms with van der Waals surface area (Å²) in [6.45, 7) is 3.97. The van der Waals surface area contributed by atoms with E-state index in [9.17, 15) is 4.79 Å². The van der Waals surface area contributed by atoms with Gasteiger partial charge in [0.15, 0.2) is 0 Å². The minimum atomic E-state index is -0.326. The SMILES string of the molecule is C[C@]1(COc2ccccc2)C[C@@H]2CN(C(=O)c3ncccn3)CC[C@@H]2O1. The van der Waals surface area contributed by atoms with Crippen molar-refractivity contribution in [1.29, 1.82) is 0 Å². The smallest absolute Gasteiger partial charge is 0.291 e. The summed E-state index contributed by atoms with van der Waals surface area (Å²) in [5.74, 6) is 1.34. The molecule has 3 atom stereocenters. The number of carbonyl (C=O) groups excluding carboxylic acids is 1. The quantitative estimate of drug-likeness (QED) is 0.845. The second-order valence-corrected chi connectivity index (χ2v) is 7.28. The highest BCUT2D eigenvalue weighted by molar-refractivity contribution is 5.90. The summed E-state index contributed by atoms with van der Waals surface area (Å²) in [6.07, 6.45) is 5.10. The first-order chi connectivity index (χ1) is 12.6. The van der Waals surface area contributed by atoms with E-state index in [1.54, 1.807) is 18.5 Å². The van der Waals surface area contributed by atoms with Gasteiger partial charge in [0.25, 0.3) is 5.91 Å². The normalized spacial score (nSPS) is 27.8. The molecule has 0 unspecified atom stereocenters. The average Bonchev–Trinajstić information content (AvgIpc) is 3.03. The van der Waals surface area contributed by atoms with Crippen molar-refractivity contribution >= 4 is 5.91 Å². The van der Waals surface area contributed by atoms with Crippen LogP contribution in [0.4, 0.5) is 0 Å². The van der Waals surface area contributed by atoms with Crippen molar-refractivity contribution in [3.05, 3.63) is 54.6 Å². The van der Waals surface area contributed by atoms with Crippen LogP contribution in [0.5, 0.6) is 5.75 Å². The largest absolute Gasteiger partial charge is 0.491 e. The van der Waals surface area contributed by atoms with Crippen molar-refractivity contribution in [2.24, 2.45) is 5.92 Å². The fraction of sp³-hybridized carbons (Fsp3) is 0.450. The molecule has 3 heterocycles. The Morgan fingerprint density at radius 2 is 2.04 bits per heavy atom. The van der Waals surface area contributed by atoms with Gasteiger partial charge in [-0.05, 0) is 38.0 Å². The van der Waals surface area contributed by atoms with Gasteiger partial charge in [0.1, 0.15) is 18.0 Å². The third kappa shape index (κ3) is 3.55. The topological polar surface area (TPSA) is 64.5 Å². The number of aromatic nitrogens is 2. The minimum absolute atomic E-state index is 0.0989. The lowest BCUT2D eigenvalue weighted by Crippen LogP contribution is -2.44. The molecule has 2 aromatic rings. The zero-order chi connectivity index (χ0) is 18.0. The summed E-state index contributed by atoms with van der Waals surface area (Å²) < 4.78 is 12.2. The van der Waals surface area contributed by atoms with Crippen LogP contribution in [0.3, 0.4) is 0 Å². The molecule has 26 heavy (non-hydrogen) atoms. The van der Waals surface area contributed by atoms with Gasteiger partial charge in [-0.3, -0.25) is 4.79 Å². The van der Waals surface area contributed by atoms with Crippen molar-refractivity contribution in [3.8, 4) is 5.75 Å². The highest BCUT2D eigenvalue weighted by Gasteiger charge is 2.47. The van der Waals surface area contributed by atoms with Crippen LogP contribution in [0.2, 0.25) is 0 Å². The third-order valence-corrected chi connectivity index (χ3v) is 5.13. The molecular weight excluding hydrogens is 330 g/mol. The van der Waals surface area contributed by atoms with Crippen LogP contribution >= 0.6 is 0 Å². The number of rotatable bonds is 4.